The van der Waals surface area contributed by atoms with Gasteiger partial charge < -0.3 is 0 Å². The van der Waals surface area contributed by atoms with Crippen molar-refractivity contribution in [3.63, 3.8) is 0 Å². The lowest BCUT2D eigenvalue weighted by molar-refractivity contribution is 0.908. The van der Waals surface area contributed by atoms with Crippen molar-refractivity contribution >= 4 is 43.7 Å². The lowest BCUT2D eigenvalue weighted by Crippen LogP contribution is -1.99. The first kappa shape index (κ1) is 30.0. The molecule has 5 heteroatoms. The molecule has 0 spiro atoms. The normalized spacial score (nSPS) is 11.6. The van der Waals surface area contributed by atoms with Gasteiger partial charge in [0.25, 0.3) is 0 Å². The summed E-state index contributed by atoms with van der Waals surface area (Å²) < 4.78 is 4.54. The molecule has 10 aromatic rings. The predicted octanol–water partition coefficient (Wildman–Crippen LogP) is 11.6. The third kappa shape index (κ3) is 4.82. The minimum absolute atomic E-state index is 0.819. The Morgan fingerprint density at radius 2 is 1.04 bits per heavy atom. The number of aromatic nitrogens is 5. The number of hydrogen-bond acceptors (Lipinski definition) is 3. The summed E-state index contributed by atoms with van der Waals surface area (Å²) in [5, 5.41) is 3.38. The summed E-state index contributed by atoms with van der Waals surface area (Å²) >= 11 is 0. The quantitative estimate of drug-likeness (QED) is 0.166. The first-order valence-electron chi connectivity index (χ1n) is 17.8. The molecule has 0 aliphatic rings. The van der Waals surface area contributed by atoms with Gasteiger partial charge in [0.2, 0.25) is 0 Å². The molecule has 52 heavy (non-hydrogen) atoms. The molecule has 0 N–H and O–H groups in total. The van der Waals surface area contributed by atoms with Crippen LogP contribution in [0.1, 0.15) is 12.7 Å². The van der Waals surface area contributed by atoms with Crippen LogP contribution < -0.4 is 0 Å². The fourth-order valence-electron chi connectivity index (χ4n) is 7.63. The molecule has 3 heterocycles. The Bertz CT molecular complexity index is 2900. The number of benzene rings is 7. The average Bonchev–Trinajstić information content (AvgIpc) is 3.80. The van der Waals surface area contributed by atoms with Crippen molar-refractivity contribution in [2.24, 2.45) is 0 Å². The van der Waals surface area contributed by atoms with Crippen LogP contribution in [0.25, 0.3) is 88.9 Å². The monoisotopic (exact) mass is 667 g/mol. The lowest BCUT2D eigenvalue weighted by Gasteiger charge is -2.13. The van der Waals surface area contributed by atoms with Gasteiger partial charge in [0, 0.05) is 39.7 Å². The van der Waals surface area contributed by atoms with Crippen LogP contribution in [0.5, 0.6) is 0 Å². The SMILES string of the molecule is CCc1nc2c3c(-c4ccc(-c5ccc(-n6c(-c7ccccc7)nc7ccccc76)cc5)cc4)nc4ccccc4c3ccc2n1-c1ccccc1. The Labute approximate surface area is 301 Å². The zero-order chi connectivity index (χ0) is 34.6. The zero-order valence-electron chi connectivity index (χ0n) is 28.6. The van der Waals surface area contributed by atoms with Gasteiger partial charge in [-0.15, -0.1) is 0 Å². The van der Waals surface area contributed by atoms with Crippen LogP contribution in [0, 0.1) is 0 Å². The standard InChI is InChI=1S/C47H33N5/c1-2-43-50-46-42(51(43)35-15-7-4-8-16-35)30-29-38-37-17-9-10-18-39(37)48-45(44(38)46)33-23-21-31(22-24-33)32-25-27-36(28-26-32)52-41-20-12-11-19-40(41)49-47(52)34-13-5-3-6-14-34/h3-30H,2H2,1H3. The minimum atomic E-state index is 0.819. The molecule has 0 saturated carbocycles. The highest BCUT2D eigenvalue weighted by Crippen LogP contribution is 2.39. The molecule has 7 aromatic carbocycles. The smallest absolute Gasteiger partial charge is 0.145 e. The van der Waals surface area contributed by atoms with Gasteiger partial charge in [-0.2, -0.15) is 0 Å². The molecule has 0 aliphatic carbocycles. The van der Waals surface area contributed by atoms with Crippen molar-refractivity contribution in [3.8, 4) is 45.1 Å². The summed E-state index contributed by atoms with van der Waals surface area (Å²) in [4.78, 5) is 15.6. The highest BCUT2D eigenvalue weighted by Gasteiger charge is 2.20. The Morgan fingerprint density at radius 3 is 1.79 bits per heavy atom. The molecule has 5 nitrogen and oxygen atoms in total. The highest BCUT2D eigenvalue weighted by molar-refractivity contribution is 6.20. The van der Waals surface area contributed by atoms with E-state index in [2.05, 4.69) is 174 Å². The number of fused-ring (bicyclic) bond motifs is 6. The second-order valence-electron chi connectivity index (χ2n) is 13.1. The lowest BCUT2D eigenvalue weighted by atomic mass is 9.97. The molecule has 0 unspecified atom stereocenters. The number of para-hydroxylation sites is 4. The number of rotatable bonds is 6. The van der Waals surface area contributed by atoms with Crippen LogP contribution in [0.3, 0.4) is 0 Å². The zero-order valence-corrected chi connectivity index (χ0v) is 28.6. The van der Waals surface area contributed by atoms with Crippen molar-refractivity contribution < 1.29 is 0 Å². The van der Waals surface area contributed by atoms with Gasteiger partial charge in [0.1, 0.15) is 11.6 Å². The molecular weight excluding hydrogens is 635 g/mol. The maximum absolute atomic E-state index is 5.30. The van der Waals surface area contributed by atoms with Crippen LogP contribution in [0.15, 0.2) is 170 Å². The van der Waals surface area contributed by atoms with Crippen molar-refractivity contribution in [2.75, 3.05) is 0 Å². The van der Waals surface area contributed by atoms with E-state index in [4.69, 9.17) is 15.0 Å². The molecule has 0 bridgehead atoms. The van der Waals surface area contributed by atoms with E-state index in [0.29, 0.717) is 0 Å². The van der Waals surface area contributed by atoms with Crippen molar-refractivity contribution in [3.05, 3.63) is 176 Å². The Hall–Kier alpha value is -6.85. The number of hydrogen-bond donors (Lipinski definition) is 0. The molecule has 0 fully saturated rings. The summed E-state index contributed by atoms with van der Waals surface area (Å²) in [7, 11) is 0. The molecular formula is C47H33N5. The molecule has 246 valence electrons. The van der Waals surface area contributed by atoms with Crippen molar-refractivity contribution in [1.82, 2.24) is 24.1 Å². The number of aryl methyl sites for hydroxylation is 1. The highest BCUT2D eigenvalue weighted by atomic mass is 15.1. The fraction of sp³-hybridized carbons (Fsp3) is 0.0426. The molecule has 0 saturated heterocycles. The molecule has 0 amide bonds. The topological polar surface area (TPSA) is 48.5 Å². The van der Waals surface area contributed by atoms with Gasteiger partial charge >= 0.3 is 0 Å². The van der Waals surface area contributed by atoms with Gasteiger partial charge in [-0.3, -0.25) is 9.13 Å². The second kappa shape index (κ2) is 12.2. The number of imidazole rings is 2. The first-order chi connectivity index (χ1) is 25.7. The minimum Gasteiger partial charge on any atom is -0.296 e. The first-order valence-corrected chi connectivity index (χ1v) is 17.8. The fourth-order valence-corrected chi connectivity index (χ4v) is 7.63. The summed E-state index contributed by atoms with van der Waals surface area (Å²) in [6, 6.07) is 59.7. The Kier molecular flexibility index (Phi) is 7.03. The van der Waals surface area contributed by atoms with Gasteiger partial charge in [0.05, 0.1) is 33.3 Å². The Morgan fingerprint density at radius 1 is 0.423 bits per heavy atom. The van der Waals surface area contributed by atoms with E-state index in [9.17, 15) is 0 Å². The summed E-state index contributed by atoms with van der Waals surface area (Å²) in [5.41, 5.74) is 12.7. The number of nitrogens with zero attached hydrogens (tertiary/aromatic N) is 5. The number of pyridine rings is 1. The van der Waals surface area contributed by atoms with Gasteiger partial charge in [-0.05, 0) is 65.0 Å². The van der Waals surface area contributed by atoms with Crippen LogP contribution in [0.4, 0.5) is 0 Å². The summed E-state index contributed by atoms with van der Waals surface area (Å²) in [6.07, 6.45) is 0.819. The van der Waals surface area contributed by atoms with E-state index in [0.717, 1.165) is 101 Å². The van der Waals surface area contributed by atoms with Crippen LogP contribution >= 0.6 is 0 Å². The third-order valence-electron chi connectivity index (χ3n) is 10.1. The van der Waals surface area contributed by atoms with Crippen molar-refractivity contribution in [2.45, 2.75) is 13.3 Å². The van der Waals surface area contributed by atoms with E-state index in [1.54, 1.807) is 0 Å². The maximum atomic E-state index is 5.30. The van der Waals surface area contributed by atoms with E-state index in [1.165, 1.54) is 0 Å². The van der Waals surface area contributed by atoms with Crippen molar-refractivity contribution in [1.29, 1.82) is 0 Å². The summed E-state index contributed by atoms with van der Waals surface area (Å²) in [6.45, 7) is 2.17. The second-order valence-corrected chi connectivity index (χ2v) is 13.1. The van der Waals surface area contributed by atoms with E-state index in [-0.39, 0.29) is 0 Å². The van der Waals surface area contributed by atoms with Gasteiger partial charge in [-0.25, -0.2) is 15.0 Å². The van der Waals surface area contributed by atoms with Crippen LogP contribution in [0.2, 0.25) is 0 Å². The maximum Gasteiger partial charge on any atom is 0.145 e. The molecule has 0 atom stereocenters. The largest absolute Gasteiger partial charge is 0.296 e. The molecule has 0 radical (unpaired) electrons. The van der Waals surface area contributed by atoms with Gasteiger partial charge in [-0.1, -0.05) is 128 Å². The average molecular weight is 668 g/mol. The van der Waals surface area contributed by atoms with Gasteiger partial charge in [0.15, 0.2) is 0 Å². The Balaban J connectivity index is 1.08. The van der Waals surface area contributed by atoms with Crippen LogP contribution in [-0.4, -0.2) is 24.1 Å². The molecule has 10 rings (SSSR count). The van der Waals surface area contributed by atoms with E-state index >= 15 is 0 Å². The van der Waals surface area contributed by atoms with E-state index < -0.39 is 0 Å². The molecule has 0 aliphatic heterocycles. The summed E-state index contributed by atoms with van der Waals surface area (Å²) in [5.74, 6) is 1.97. The van der Waals surface area contributed by atoms with Crippen LogP contribution in [-0.2, 0) is 6.42 Å². The molecule has 3 aromatic heterocycles. The van der Waals surface area contributed by atoms with E-state index in [1.807, 2.05) is 12.1 Å². The third-order valence-corrected chi connectivity index (χ3v) is 10.1. The predicted molar refractivity (Wildman–Crippen MR) is 214 cm³/mol.